The van der Waals surface area contributed by atoms with Crippen LogP contribution in [0, 0.1) is 5.92 Å². The summed E-state index contributed by atoms with van der Waals surface area (Å²) >= 11 is 0.469. The van der Waals surface area contributed by atoms with Crippen molar-refractivity contribution in [2.24, 2.45) is 13.0 Å². The second-order valence-corrected chi connectivity index (χ2v) is 4.57. The molecule has 2 rings (SSSR count). The summed E-state index contributed by atoms with van der Waals surface area (Å²) in [7, 11) is 1.65. The van der Waals surface area contributed by atoms with E-state index in [0.29, 0.717) is 29.0 Å². The zero-order chi connectivity index (χ0) is 9.59. The van der Waals surface area contributed by atoms with Crippen molar-refractivity contribution in [1.29, 1.82) is 0 Å². The molecule has 1 heterocycles. The molecule has 5 nitrogen and oxygen atoms in total. The molecule has 0 bridgehead atoms. The van der Waals surface area contributed by atoms with Crippen molar-refractivity contribution in [3.63, 3.8) is 0 Å². The first kappa shape index (κ1) is 8.85. The van der Waals surface area contributed by atoms with Crippen LogP contribution < -0.4 is 11.4 Å². The third-order valence-corrected chi connectivity index (χ3v) is 3.33. The molecular formula is C7H12AlN3O2. The Morgan fingerprint density at radius 1 is 1.38 bits per heavy atom. The molecule has 0 N–H and O–H groups in total. The molecule has 0 saturated heterocycles. The Labute approximate surface area is 83.2 Å². The van der Waals surface area contributed by atoms with Crippen molar-refractivity contribution in [1.82, 2.24) is 12.9 Å². The monoisotopic (exact) mass is 197 g/mol. The van der Waals surface area contributed by atoms with Gasteiger partial charge in [-0.3, -0.25) is 0 Å². The molecule has 0 radical (unpaired) electrons. The summed E-state index contributed by atoms with van der Waals surface area (Å²) in [6, 6.07) is 0. The molecule has 1 saturated carbocycles. The number of hydrogen-bond acceptors (Lipinski definition) is 2. The van der Waals surface area contributed by atoms with E-state index in [1.807, 2.05) is 0 Å². The molecule has 1 aromatic heterocycles. The average Bonchev–Trinajstić information content (AvgIpc) is 2.89. The van der Waals surface area contributed by atoms with Crippen molar-refractivity contribution in [2.75, 3.05) is 0 Å². The summed E-state index contributed by atoms with van der Waals surface area (Å²) in [5.41, 5.74) is -0.330. The highest BCUT2D eigenvalue weighted by atomic mass is 27.1. The maximum atomic E-state index is 11.5. The minimum atomic E-state index is -0.183. The molecule has 0 atom stereocenters. The van der Waals surface area contributed by atoms with Gasteiger partial charge in [-0.1, -0.05) is 0 Å². The minimum Gasteiger partial charge on any atom is -0.348 e. The lowest BCUT2D eigenvalue weighted by atomic mass is 10.4. The van der Waals surface area contributed by atoms with Crippen LogP contribution in [-0.2, 0) is 13.6 Å². The quantitative estimate of drug-likeness (QED) is 0.523. The topological polar surface area (TPSA) is 48.9 Å². The van der Waals surface area contributed by atoms with Gasteiger partial charge in [-0.15, -0.1) is 0 Å². The molecule has 13 heavy (non-hydrogen) atoms. The zero-order valence-corrected chi connectivity index (χ0v) is 9.86. The summed E-state index contributed by atoms with van der Waals surface area (Å²) in [6.45, 7) is 0.708. The van der Waals surface area contributed by atoms with Gasteiger partial charge < -0.3 is 3.55 Å². The van der Waals surface area contributed by atoms with Crippen molar-refractivity contribution in [3.8, 4) is 0 Å². The van der Waals surface area contributed by atoms with Gasteiger partial charge in [-0.2, -0.15) is 0 Å². The summed E-state index contributed by atoms with van der Waals surface area (Å²) < 4.78 is 4.25. The fraction of sp³-hybridized carbons (Fsp3) is 0.714. The van der Waals surface area contributed by atoms with E-state index in [-0.39, 0.29) is 11.4 Å². The number of hydrogen-bond donors (Lipinski definition) is 0. The van der Waals surface area contributed by atoms with Gasteiger partial charge in [0.2, 0.25) is 0 Å². The van der Waals surface area contributed by atoms with Crippen LogP contribution in [0.1, 0.15) is 12.8 Å². The Bertz CT molecular complexity index is 438. The number of rotatable bonds is 2. The summed E-state index contributed by atoms with van der Waals surface area (Å²) in [5, 5.41) is 0. The molecule has 6 heteroatoms. The van der Waals surface area contributed by atoms with Gasteiger partial charge in [0.05, 0.1) is 0 Å². The average molecular weight is 197 g/mol. The molecule has 0 aromatic carbocycles. The van der Waals surface area contributed by atoms with E-state index < -0.39 is 0 Å². The van der Waals surface area contributed by atoms with Crippen LogP contribution in [0.4, 0.5) is 0 Å². The van der Waals surface area contributed by atoms with Gasteiger partial charge in [0, 0.05) is 13.6 Å². The van der Waals surface area contributed by atoms with Gasteiger partial charge in [0.15, 0.2) is 0 Å². The number of nitrogens with zero attached hydrogens (tertiary/aromatic N) is 3. The predicted octanol–water partition coefficient (Wildman–Crippen LogP) is -1.85. The van der Waals surface area contributed by atoms with Gasteiger partial charge in [-0.25, -0.2) is 19.0 Å². The molecule has 1 aromatic rings. The maximum absolute atomic E-state index is 11.5. The lowest BCUT2D eigenvalue weighted by molar-refractivity contribution is 0.458. The van der Waals surface area contributed by atoms with Crippen LogP contribution in [0.5, 0.6) is 0 Å². The first-order chi connectivity index (χ1) is 6.11. The molecule has 1 fully saturated rings. The highest BCUT2D eigenvalue weighted by Gasteiger charge is 2.24. The van der Waals surface area contributed by atoms with E-state index in [0.717, 1.165) is 0 Å². The summed E-state index contributed by atoms with van der Waals surface area (Å²) in [6.07, 6.45) is 2.37. The van der Waals surface area contributed by atoms with Crippen molar-refractivity contribution in [2.45, 2.75) is 19.4 Å². The van der Waals surface area contributed by atoms with Crippen LogP contribution in [0.25, 0.3) is 0 Å². The highest BCUT2D eigenvalue weighted by Crippen LogP contribution is 2.29. The first-order valence-corrected chi connectivity index (χ1v) is 5.33. The smallest absolute Gasteiger partial charge is 0.348 e. The van der Waals surface area contributed by atoms with Crippen LogP contribution >= 0.6 is 0 Å². The van der Waals surface area contributed by atoms with E-state index in [1.54, 1.807) is 11.7 Å². The predicted molar refractivity (Wildman–Crippen MR) is 50.6 cm³/mol. The Morgan fingerprint density at radius 3 is 2.38 bits per heavy atom. The molecule has 0 amide bonds. The van der Waals surface area contributed by atoms with Gasteiger partial charge in [0.25, 0.3) is 0 Å². The lowest BCUT2D eigenvalue weighted by Crippen LogP contribution is -2.27. The van der Waals surface area contributed by atoms with Gasteiger partial charge in [0.1, 0.15) is 0 Å². The van der Waals surface area contributed by atoms with Crippen molar-refractivity contribution < 1.29 is 0 Å². The van der Waals surface area contributed by atoms with Crippen LogP contribution in [0.3, 0.4) is 0 Å². The standard InChI is InChI=1S/C7H11N3O2.Al.2H/c1-9-6(11)8-7(12)10(9)4-5-2-3-5;;;/h5H,2-4H2,1H3,(H,8,11,12);;;/q;+1;;/p-1. The molecule has 0 aliphatic heterocycles. The van der Waals surface area contributed by atoms with Crippen LogP contribution in [-0.4, -0.2) is 29.4 Å². The largest absolute Gasteiger partial charge is 0.385 e. The SMILES string of the molecule is Cn1c(=O)[n]([AlH2])c(=O)n1CC1CC1. The Morgan fingerprint density at radius 2 is 2.00 bits per heavy atom. The van der Waals surface area contributed by atoms with E-state index in [4.69, 9.17) is 0 Å². The van der Waals surface area contributed by atoms with E-state index in [1.165, 1.54) is 21.1 Å². The van der Waals surface area contributed by atoms with Gasteiger partial charge in [-0.05, 0) is 18.8 Å². The summed E-state index contributed by atoms with van der Waals surface area (Å²) in [4.78, 5) is 22.9. The Balaban J connectivity index is 2.48. The highest BCUT2D eigenvalue weighted by molar-refractivity contribution is 6.06. The second kappa shape index (κ2) is 2.89. The van der Waals surface area contributed by atoms with Crippen molar-refractivity contribution in [3.05, 3.63) is 21.0 Å². The first-order valence-electron chi connectivity index (χ1n) is 4.44. The third-order valence-electron chi connectivity index (χ3n) is 2.56. The van der Waals surface area contributed by atoms with Crippen molar-refractivity contribution >= 4 is 16.5 Å². The Hall–Kier alpha value is -0.728. The van der Waals surface area contributed by atoms with E-state index in [9.17, 15) is 9.59 Å². The molecule has 1 aliphatic carbocycles. The fourth-order valence-corrected chi connectivity index (χ4v) is 1.97. The molecular weight excluding hydrogens is 185 g/mol. The molecule has 70 valence electrons. The zero-order valence-electron chi connectivity index (χ0n) is 7.86. The van der Waals surface area contributed by atoms with Crippen LogP contribution in [0.2, 0.25) is 0 Å². The number of aromatic nitrogens is 3. The minimum absolute atomic E-state index is 0.147. The van der Waals surface area contributed by atoms with Crippen LogP contribution in [0.15, 0.2) is 9.59 Å². The van der Waals surface area contributed by atoms with E-state index >= 15 is 0 Å². The Kier molecular flexibility index (Phi) is 1.97. The van der Waals surface area contributed by atoms with E-state index in [2.05, 4.69) is 0 Å². The lowest BCUT2D eigenvalue weighted by Gasteiger charge is -2.02. The third kappa shape index (κ3) is 1.40. The summed E-state index contributed by atoms with van der Waals surface area (Å²) in [5.74, 6) is 0.618. The second-order valence-electron chi connectivity index (χ2n) is 3.67. The molecule has 0 spiro atoms. The molecule has 1 aliphatic rings. The maximum Gasteiger partial charge on any atom is 0.385 e. The molecule has 0 unspecified atom stereocenters. The normalized spacial score (nSPS) is 16.4. The van der Waals surface area contributed by atoms with Gasteiger partial charge >= 0.3 is 27.9 Å². The fourth-order valence-electron chi connectivity index (χ4n) is 1.45.